The number of aromatic amines is 1. The van der Waals surface area contributed by atoms with Crippen molar-refractivity contribution >= 4 is 17.1 Å². The van der Waals surface area contributed by atoms with E-state index < -0.39 is 6.16 Å². The lowest BCUT2D eigenvalue weighted by Crippen LogP contribution is -2.15. The largest absolute Gasteiger partial charge is 0.514 e. The van der Waals surface area contributed by atoms with E-state index in [4.69, 9.17) is 9.47 Å². The normalized spacial score (nSPS) is 11.0. The molecule has 0 saturated carbocycles. The number of pyridine rings is 1. The average molecular weight is 339 g/mol. The number of fused-ring (bicyclic) bond motifs is 1. The van der Waals surface area contributed by atoms with Gasteiger partial charge >= 0.3 is 6.16 Å². The van der Waals surface area contributed by atoms with Gasteiger partial charge in [-0.15, -0.1) is 0 Å². The summed E-state index contributed by atoms with van der Waals surface area (Å²) in [5.74, 6) is 0.499. The van der Waals surface area contributed by atoms with Crippen LogP contribution < -0.4 is 4.74 Å². The Bertz CT molecular complexity index is 844. The molecule has 2 aromatic heterocycles. The first-order valence-corrected chi connectivity index (χ1v) is 8.11. The number of likely N-dealkylation sites (N-methyl/N-ethyl adjacent to an activating group) is 1. The number of H-pyrrole nitrogens is 1. The van der Waals surface area contributed by atoms with Gasteiger partial charge in [0.05, 0.1) is 5.69 Å². The highest BCUT2D eigenvalue weighted by molar-refractivity contribution is 5.90. The van der Waals surface area contributed by atoms with E-state index >= 15 is 0 Å². The van der Waals surface area contributed by atoms with E-state index in [1.165, 1.54) is 0 Å². The molecule has 6 nitrogen and oxygen atoms in total. The maximum absolute atomic E-state index is 12.0. The van der Waals surface area contributed by atoms with Gasteiger partial charge in [0.15, 0.2) is 0 Å². The zero-order valence-corrected chi connectivity index (χ0v) is 14.4. The quantitative estimate of drug-likeness (QED) is 0.551. The van der Waals surface area contributed by atoms with Crippen molar-refractivity contribution in [3.05, 3.63) is 60.0 Å². The van der Waals surface area contributed by atoms with Crippen molar-refractivity contribution in [2.75, 3.05) is 20.6 Å². The number of ether oxygens (including phenoxy) is 2. The Labute approximate surface area is 146 Å². The monoisotopic (exact) mass is 339 g/mol. The predicted octanol–water partition coefficient (Wildman–Crippen LogP) is 3.38. The summed E-state index contributed by atoms with van der Waals surface area (Å²) in [7, 11) is 4.06. The molecular weight excluding hydrogens is 318 g/mol. The highest BCUT2D eigenvalue weighted by Crippen LogP contribution is 2.29. The van der Waals surface area contributed by atoms with Crippen molar-refractivity contribution in [3.8, 4) is 5.75 Å². The topological polar surface area (TPSA) is 67.5 Å². The molecule has 0 bridgehead atoms. The van der Waals surface area contributed by atoms with Crippen LogP contribution in [0.5, 0.6) is 5.75 Å². The Morgan fingerprint density at radius 2 is 2.08 bits per heavy atom. The van der Waals surface area contributed by atoms with E-state index in [1.54, 1.807) is 18.3 Å². The number of nitrogens with one attached hydrogen (secondary N) is 1. The van der Waals surface area contributed by atoms with E-state index in [1.807, 2.05) is 44.6 Å². The Morgan fingerprint density at radius 3 is 2.84 bits per heavy atom. The number of nitrogens with zero attached hydrogens (tertiary/aromatic N) is 2. The van der Waals surface area contributed by atoms with Crippen LogP contribution >= 0.6 is 0 Å². The van der Waals surface area contributed by atoms with Crippen LogP contribution in [0.15, 0.2) is 48.8 Å². The fourth-order valence-corrected chi connectivity index (χ4v) is 2.58. The predicted molar refractivity (Wildman–Crippen MR) is 95.6 cm³/mol. The first-order valence-electron chi connectivity index (χ1n) is 8.11. The summed E-state index contributed by atoms with van der Waals surface area (Å²) < 4.78 is 10.6. The smallest absolute Gasteiger partial charge is 0.427 e. The molecule has 3 aromatic rings. The lowest BCUT2D eigenvalue weighted by molar-refractivity contribution is 0.0921. The van der Waals surface area contributed by atoms with Gasteiger partial charge in [-0.05, 0) is 50.3 Å². The highest BCUT2D eigenvalue weighted by atomic mass is 16.7. The maximum atomic E-state index is 12.0. The summed E-state index contributed by atoms with van der Waals surface area (Å²) in [5.41, 5.74) is 2.71. The minimum Gasteiger partial charge on any atom is -0.427 e. The molecule has 6 heteroatoms. The standard InChI is InChI=1S/C19H21N3O3/c1-22(2)11-9-14-12-21-16-7-5-8-17(18(14)16)25-19(23)24-13-15-6-3-4-10-20-15/h3-8,10,12,21H,9,11,13H2,1-2H3. The van der Waals surface area contributed by atoms with Gasteiger partial charge in [0.2, 0.25) is 0 Å². The fourth-order valence-electron chi connectivity index (χ4n) is 2.58. The van der Waals surface area contributed by atoms with Crippen LogP contribution in [0.2, 0.25) is 0 Å². The Hall–Kier alpha value is -2.86. The third-order valence-electron chi connectivity index (χ3n) is 3.83. The van der Waals surface area contributed by atoms with Gasteiger partial charge in [-0.2, -0.15) is 0 Å². The molecule has 0 spiro atoms. The summed E-state index contributed by atoms with van der Waals surface area (Å²) in [6, 6.07) is 11.0. The van der Waals surface area contributed by atoms with E-state index in [9.17, 15) is 4.79 Å². The molecule has 0 aliphatic rings. The summed E-state index contributed by atoms with van der Waals surface area (Å²) in [4.78, 5) is 21.5. The molecule has 0 radical (unpaired) electrons. The Kier molecular flexibility index (Phi) is 5.30. The van der Waals surface area contributed by atoms with E-state index in [-0.39, 0.29) is 6.61 Å². The van der Waals surface area contributed by atoms with Crippen molar-refractivity contribution in [1.82, 2.24) is 14.9 Å². The number of rotatable bonds is 6. The van der Waals surface area contributed by atoms with E-state index in [0.29, 0.717) is 11.4 Å². The summed E-state index contributed by atoms with van der Waals surface area (Å²) >= 11 is 0. The highest BCUT2D eigenvalue weighted by Gasteiger charge is 2.14. The van der Waals surface area contributed by atoms with Crippen LogP contribution in [0.1, 0.15) is 11.3 Å². The number of carbonyl (C=O) groups excluding carboxylic acids is 1. The second-order valence-corrected chi connectivity index (χ2v) is 6.01. The second-order valence-electron chi connectivity index (χ2n) is 6.01. The molecule has 0 aliphatic carbocycles. The van der Waals surface area contributed by atoms with Crippen molar-refractivity contribution in [2.24, 2.45) is 0 Å². The van der Waals surface area contributed by atoms with Crippen molar-refractivity contribution in [2.45, 2.75) is 13.0 Å². The van der Waals surface area contributed by atoms with Crippen LogP contribution in [0.25, 0.3) is 10.9 Å². The maximum Gasteiger partial charge on any atom is 0.514 e. The molecule has 0 amide bonds. The fraction of sp³-hybridized carbons (Fsp3) is 0.263. The van der Waals surface area contributed by atoms with Gasteiger partial charge in [0.1, 0.15) is 12.4 Å². The van der Waals surface area contributed by atoms with Crippen molar-refractivity contribution in [3.63, 3.8) is 0 Å². The van der Waals surface area contributed by atoms with Crippen molar-refractivity contribution in [1.29, 1.82) is 0 Å². The zero-order valence-electron chi connectivity index (χ0n) is 14.4. The molecule has 0 aliphatic heterocycles. The van der Waals surface area contributed by atoms with E-state index in [2.05, 4.69) is 14.9 Å². The number of hydrogen-bond donors (Lipinski definition) is 1. The third-order valence-corrected chi connectivity index (χ3v) is 3.83. The van der Waals surface area contributed by atoms with Crippen LogP contribution in [-0.4, -0.2) is 41.7 Å². The molecule has 0 unspecified atom stereocenters. The van der Waals surface area contributed by atoms with Crippen LogP contribution in [0.3, 0.4) is 0 Å². The van der Waals surface area contributed by atoms with Gasteiger partial charge in [0.25, 0.3) is 0 Å². The molecule has 0 fully saturated rings. The lowest BCUT2D eigenvalue weighted by Gasteiger charge is -2.10. The minimum atomic E-state index is -0.738. The van der Waals surface area contributed by atoms with Crippen LogP contribution in [-0.2, 0) is 17.8 Å². The first kappa shape index (κ1) is 17.0. The van der Waals surface area contributed by atoms with Gasteiger partial charge < -0.3 is 19.4 Å². The van der Waals surface area contributed by atoms with Crippen LogP contribution in [0, 0.1) is 0 Å². The molecule has 0 saturated heterocycles. The van der Waals surface area contributed by atoms with Crippen molar-refractivity contribution < 1.29 is 14.3 Å². The van der Waals surface area contributed by atoms with Gasteiger partial charge in [0, 0.05) is 29.8 Å². The molecule has 1 aromatic carbocycles. The summed E-state index contributed by atoms with van der Waals surface area (Å²) in [6.07, 6.45) is 3.73. The Morgan fingerprint density at radius 1 is 1.20 bits per heavy atom. The molecular formula is C19H21N3O3. The average Bonchev–Trinajstić information content (AvgIpc) is 3.03. The number of aromatic nitrogens is 2. The minimum absolute atomic E-state index is 0.0796. The SMILES string of the molecule is CN(C)CCc1c[nH]c2cccc(OC(=O)OCc3ccccn3)c12. The Balaban J connectivity index is 1.71. The second kappa shape index (κ2) is 7.81. The van der Waals surface area contributed by atoms with Gasteiger partial charge in [-0.3, -0.25) is 4.98 Å². The molecule has 130 valence electrons. The zero-order chi connectivity index (χ0) is 17.6. The van der Waals surface area contributed by atoms with Gasteiger partial charge in [-0.25, -0.2) is 4.79 Å². The van der Waals surface area contributed by atoms with Crippen LogP contribution in [0.4, 0.5) is 4.79 Å². The molecule has 0 atom stereocenters. The molecule has 1 N–H and O–H groups in total. The number of hydrogen-bond acceptors (Lipinski definition) is 5. The lowest BCUT2D eigenvalue weighted by atomic mass is 10.1. The molecule has 3 rings (SSSR count). The first-order chi connectivity index (χ1) is 12.1. The molecule has 2 heterocycles. The molecule has 25 heavy (non-hydrogen) atoms. The third kappa shape index (κ3) is 4.36. The number of benzene rings is 1. The summed E-state index contributed by atoms with van der Waals surface area (Å²) in [6.45, 7) is 0.988. The van der Waals surface area contributed by atoms with Gasteiger partial charge in [-0.1, -0.05) is 12.1 Å². The summed E-state index contributed by atoms with van der Waals surface area (Å²) in [5, 5.41) is 0.916. The number of carbonyl (C=O) groups is 1. The van der Waals surface area contributed by atoms with E-state index in [0.717, 1.165) is 29.4 Å².